The molecule has 0 bridgehead atoms. The number of hydrogen-bond acceptors (Lipinski definition) is 5. The number of unbranched alkanes of at least 4 members (excludes halogenated alkanes) is 2. The largest absolute Gasteiger partial charge is 0.871 e. The summed E-state index contributed by atoms with van der Waals surface area (Å²) in [5, 5.41) is 21.2. The van der Waals surface area contributed by atoms with Crippen LogP contribution in [0.2, 0.25) is 0 Å². The number of aryl methyl sites for hydroxylation is 4. The Morgan fingerprint density at radius 3 is 1.50 bits per heavy atom. The van der Waals surface area contributed by atoms with Crippen LogP contribution in [0, 0.1) is 39.5 Å². The predicted octanol–water partition coefficient (Wildman–Crippen LogP) is 14.0. The number of rotatable bonds is 20. The molecule has 0 saturated carbocycles. The van der Waals surface area contributed by atoms with Gasteiger partial charge in [-0.2, -0.15) is 4.58 Å². The van der Waals surface area contributed by atoms with Gasteiger partial charge in [-0.15, -0.1) is 0 Å². The van der Waals surface area contributed by atoms with Gasteiger partial charge in [-0.25, -0.2) is 0 Å². The molecule has 2 aliphatic rings. The molecule has 2 N–H and O–H groups in total. The number of benzene rings is 5. The van der Waals surface area contributed by atoms with E-state index in [1.807, 2.05) is 24.3 Å². The van der Waals surface area contributed by atoms with Gasteiger partial charge in [-0.3, -0.25) is 14.4 Å². The summed E-state index contributed by atoms with van der Waals surface area (Å²) in [6.45, 7) is 16.7. The van der Waals surface area contributed by atoms with Crippen LogP contribution in [-0.2, 0) is 14.4 Å². The maximum absolute atomic E-state index is 14.8. The van der Waals surface area contributed by atoms with Crippen molar-refractivity contribution in [3.05, 3.63) is 184 Å². The van der Waals surface area contributed by atoms with E-state index >= 15 is 0 Å². The molecule has 5 aromatic carbocycles. The van der Waals surface area contributed by atoms with Gasteiger partial charge in [0.2, 0.25) is 28.9 Å². The van der Waals surface area contributed by atoms with Crippen molar-refractivity contribution >= 4 is 63.0 Å². The lowest BCUT2D eigenvalue weighted by Crippen LogP contribution is -2.34. The van der Waals surface area contributed by atoms with Crippen LogP contribution in [0.1, 0.15) is 120 Å². The second kappa shape index (κ2) is 23.5. The summed E-state index contributed by atoms with van der Waals surface area (Å²) in [6.07, 6.45) is 14.0. The number of carbonyl (C=O) groups excluding carboxylic acids is 3. The SMILES string of the molecule is CCCCC(CC)CC(=O)NC1=CC(=[N+](c2ccc(C)cc2)c2ccc(C)cc2)C=C/C1=C1\C(=O)C(c2ccc(N(c3ccc(C)cc3)c3ccc(C)cc3)cc2NC(=O)CC(CC)CCCC)=C1[O-]. The van der Waals surface area contributed by atoms with Crippen LogP contribution >= 0.6 is 0 Å². The van der Waals surface area contributed by atoms with Gasteiger partial charge in [-0.1, -0.05) is 149 Å². The van der Waals surface area contributed by atoms with E-state index in [-0.39, 0.29) is 34.8 Å². The molecule has 0 saturated heterocycles. The monoisotopic (exact) mass is 935 g/mol. The third-order valence-corrected chi connectivity index (χ3v) is 13.7. The van der Waals surface area contributed by atoms with E-state index in [2.05, 4.69) is 173 Å². The lowest BCUT2D eigenvalue weighted by molar-refractivity contribution is -0.297. The molecule has 0 radical (unpaired) electrons. The first-order valence-corrected chi connectivity index (χ1v) is 25.4. The molecule has 0 aliphatic heterocycles. The third-order valence-electron chi connectivity index (χ3n) is 13.7. The second-order valence-corrected chi connectivity index (χ2v) is 19.2. The molecule has 8 nitrogen and oxygen atoms in total. The van der Waals surface area contributed by atoms with Crippen molar-refractivity contribution in [2.24, 2.45) is 11.8 Å². The van der Waals surface area contributed by atoms with Crippen LogP contribution in [0.4, 0.5) is 34.1 Å². The van der Waals surface area contributed by atoms with E-state index in [1.165, 1.54) is 0 Å². The number of nitrogens with one attached hydrogen (secondary N) is 2. The molecule has 2 aliphatic carbocycles. The maximum Gasteiger partial charge on any atom is 0.224 e. The normalized spacial score (nSPS) is 15.3. The molecule has 2 atom stereocenters. The highest BCUT2D eigenvalue weighted by atomic mass is 16.3. The summed E-state index contributed by atoms with van der Waals surface area (Å²) in [7, 11) is 0. The Balaban J connectivity index is 1.37. The van der Waals surface area contributed by atoms with Crippen molar-refractivity contribution in [2.45, 2.75) is 120 Å². The van der Waals surface area contributed by atoms with Crippen LogP contribution in [-0.4, -0.2) is 23.3 Å². The van der Waals surface area contributed by atoms with E-state index in [0.717, 1.165) is 108 Å². The Kier molecular flexibility index (Phi) is 17.1. The summed E-state index contributed by atoms with van der Waals surface area (Å²) in [5.41, 5.74) is 11.2. The van der Waals surface area contributed by atoms with Gasteiger partial charge in [-0.05, 0) is 94.8 Å². The summed E-state index contributed by atoms with van der Waals surface area (Å²) in [6, 6.07) is 38.6. The Morgan fingerprint density at radius 2 is 1.04 bits per heavy atom. The number of amides is 2. The fourth-order valence-electron chi connectivity index (χ4n) is 9.35. The summed E-state index contributed by atoms with van der Waals surface area (Å²) < 4.78 is 2.11. The van der Waals surface area contributed by atoms with Gasteiger partial charge in [0.1, 0.15) is 0 Å². The lowest BCUT2D eigenvalue weighted by Gasteiger charge is -2.35. The van der Waals surface area contributed by atoms with Gasteiger partial charge in [0.15, 0.2) is 5.78 Å². The quantitative estimate of drug-likeness (QED) is 0.0597. The number of ketones is 1. The predicted molar refractivity (Wildman–Crippen MR) is 288 cm³/mol. The van der Waals surface area contributed by atoms with Crippen LogP contribution in [0.15, 0.2) is 156 Å². The second-order valence-electron chi connectivity index (χ2n) is 19.2. The van der Waals surface area contributed by atoms with Gasteiger partial charge < -0.3 is 20.6 Å². The van der Waals surface area contributed by atoms with Gasteiger partial charge in [0.25, 0.3) is 0 Å². The van der Waals surface area contributed by atoms with Gasteiger partial charge in [0.05, 0.1) is 11.4 Å². The Morgan fingerprint density at radius 1 is 0.586 bits per heavy atom. The van der Waals surface area contributed by atoms with E-state index in [4.69, 9.17) is 0 Å². The third kappa shape index (κ3) is 12.0. The molecule has 8 heteroatoms. The zero-order valence-corrected chi connectivity index (χ0v) is 42.5. The molecule has 0 fully saturated rings. The van der Waals surface area contributed by atoms with Crippen LogP contribution < -0.4 is 25.2 Å². The zero-order valence-electron chi connectivity index (χ0n) is 42.5. The smallest absolute Gasteiger partial charge is 0.224 e. The van der Waals surface area contributed by atoms with Gasteiger partial charge >= 0.3 is 0 Å². The fourth-order valence-corrected chi connectivity index (χ4v) is 9.35. The Labute approximate surface area is 416 Å². The van der Waals surface area contributed by atoms with E-state index < -0.39 is 11.5 Å². The maximum atomic E-state index is 14.8. The van der Waals surface area contributed by atoms with Crippen molar-refractivity contribution in [3.63, 3.8) is 0 Å². The van der Waals surface area contributed by atoms with E-state index in [0.29, 0.717) is 35.4 Å². The van der Waals surface area contributed by atoms with Crippen LogP contribution in [0.5, 0.6) is 0 Å². The topological polar surface area (TPSA) is 105 Å². The molecule has 0 heterocycles. The standard InChI is InChI=1S/C62H70N4O4/c1-9-13-15-45(11-3)37-57(67)63-55-39-51(65(47-25-17-41(5)18-26-47)48-27-19-42(6)20-28-48)33-35-53(55)59-61(69)60(62(59)70)54-36-34-52(40-56(54)64-58(68)38-46(12-4)16-14-10-2)66(49-29-21-43(7)22-30-49)50-31-23-44(8)24-32-50/h17-36,39-40,45-46H,9-16,37-38H2,1-8H3,(H2,63,64,67,68,69,70). The average molecular weight is 935 g/mol. The first-order valence-electron chi connectivity index (χ1n) is 25.4. The Hall–Kier alpha value is -7.06. The molecule has 5 aromatic rings. The van der Waals surface area contributed by atoms with Crippen molar-refractivity contribution in [2.75, 3.05) is 10.2 Å². The minimum Gasteiger partial charge on any atom is -0.871 e. The molecule has 0 spiro atoms. The molecule has 70 heavy (non-hydrogen) atoms. The summed E-state index contributed by atoms with van der Waals surface area (Å²) >= 11 is 0. The molecule has 362 valence electrons. The first kappa shape index (κ1) is 50.8. The highest BCUT2D eigenvalue weighted by Crippen LogP contribution is 2.44. The zero-order chi connectivity index (χ0) is 49.9. The number of nitrogens with zero attached hydrogens (tertiary/aromatic N) is 2. The number of allylic oxidation sites excluding steroid dienone is 5. The average Bonchev–Trinajstić information content (AvgIpc) is 3.35. The molecule has 7 rings (SSSR count). The van der Waals surface area contributed by atoms with Crippen molar-refractivity contribution < 1.29 is 19.5 Å². The lowest BCUT2D eigenvalue weighted by atomic mass is 9.78. The highest BCUT2D eigenvalue weighted by molar-refractivity contribution is 6.40. The molecule has 2 unspecified atom stereocenters. The fraction of sp³-hybridized carbons (Fsp3) is 0.323. The van der Waals surface area contributed by atoms with E-state index in [9.17, 15) is 19.5 Å². The summed E-state index contributed by atoms with van der Waals surface area (Å²) in [5.74, 6) is -0.817. The van der Waals surface area contributed by atoms with Crippen molar-refractivity contribution in [1.82, 2.24) is 9.89 Å². The van der Waals surface area contributed by atoms with Crippen molar-refractivity contribution in [1.29, 1.82) is 0 Å². The molecule has 2 amide bonds. The minimum atomic E-state index is -0.442. The van der Waals surface area contributed by atoms with Crippen molar-refractivity contribution in [3.8, 4) is 0 Å². The van der Waals surface area contributed by atoms with Crippen LogP contribution in [0.25, 0.3) is 5.57 Å². The number of hydrogen-bond donors (Lipinski definition) is 2. The summed E-state index contributed by atoms with van der Waals surface area (Å²) in [4.78, 5) is 45.0. The molecular weight excluding hydrogens is 865 g/mol. The van der Waals surface area contributed by atoms with Gasteiger partial charge in [0, 0.05) is 88.6 Å². The van der Waals surface area contributed by atoms with E-state index in [1.54, 1.807) is 12.1 Å². The first-order chi connectivity index (χ1) is 33.8. The number of Topliss-reactive ketones (excluding diaryl/α,β-unsaturated/α-hetero) is 1. The van der Waals surface area contributed by atoms with Crippen LogP contribution in [0.3, 0.4) is 0 Å². The molecular formula is C62H70N4O4. The minimum absolute atomic E-state index is 0.000000647. The highest BCUT2D eigenvalue weighted by Gasteiger charge is 2.35. The number of carbonyl (C=O) groups is 3. The molecule has 0 aromatic heterocycles. The Bertz CT molecular complexity index is 2750. The number of anilines is 4.